The summed E-state index contributed by atoms with van der Waals surface area (Å²) < 4.78 is 0. The first-order valence-electron chi connectivity index (χ1n) is 8.65. The Morgan fingerprint density at radius 2 is 2.11 bits per heavy atom. The molecule has 0 radical (unpaired) electrons. The summed E-state index contributed by atoms with van der Waals surface area (Å²) in [6.07, 6.45) is 2.57. The van der Waals surface area contributed by atoms with Gasteiger partial charge in [-0.15, -0.1) is 11.3 Å². The molecule has 0 bridgehead atoms. The smallest absolute Gasteiger partial charge is 0.284 e. The Hall–Kier alpha value is -2.97. The summed E-state index contributed by atoms with van der Waals surface area (Å²) >= 11 is 1.39. The number of hydrogen-bond acceptors (Lipinski definition) is 7. The predicted molar refractivity (Wildman–Crippen MR) is 104 cm³/mol. The van der Waals surface area contributed by atoms with Gasteiger partial charge < -0.3 is 10.2 Å². The number of aromatic nitrogens is 2. The number of nitrogens with zero attached hydrogens (tertiary/aromatic N) is 3. The quantitative estimate of drug-likeness (QED) is 0.465. The highest BCUT2D eigenvalue weighted by Crippen LogP contribution is 2.30. The van der Waals surface area contributed by atoms with Crippen molar-refractivity contribution in [1.29, 1.82) is 0 Å². The van der Waals surface area contributed by atoms with Crippen LogP contribution in [0.25, 0.3) is 0 Å². The van der Waals surface area contributed by atoms with Crippen molar-refractivity contribution in [2.45, 2.75) is 19.5 Å². The van der Waals surface area contributed by atoms with Crippen molar-refractivity contribution in [3.63, 3.8) is 0 Å². The van der Waals surface area contributed by atoms with Crippen LogP contribution in [0.1, 0.15) is 25.7 Å². The summed E-state index contributed by atoms with van der Waals surface area (Å²) in [6, 6.07) is 13.9. The molecule has 138 valence electrons. The summed E-state index contributed by atoms with van der Waals surface area (Å²) in [7, 11) is 0. The van der Waals surface area contributed by atoms with Gasteiger partial charge in [0.2, 0.25) is 5.95 Å². The zero-order valence-electron chi connectivity index (χ0n) is 14.6. The van der Waals surface area contributed by atoms with Crippen molar-refractivity contribution in [3.05, 3.63) is 69.5 Å². The molecule has 3 aromatic rings. The lowest BCUT2D eigenvalue weighted by Crippen LogP contribution is -2.30. The topological polar surface area (TPSA) is 90.4 Å². The molecule has 0 saturated carbocycles. The van der Waals surface area contributed by atoms with Gasteiger partial charge in [0.05, 0.1) is 11.4 Å². The van der Waals surface area contributed by atoms with Crippen LogP contribution < -0.4 is 15.7 Å². The molecule has 7 nitrogen and oxygen atoms in total. The molecule has 0 spiro atoms. The van der Waals surface area contributed by atoms with Crippen LogP contribution in [0.5, 0.6) is 0 Å². The van der Waals surface area contributed by atoms with Crippen LogP contribution in [0, 0.1) is 0 Å². The van der Waals surface area contributed by atoms with E-state index in [1.165, 1.54) is 16.9 Å². The molecule has 2 aromatic heterocycles. The summed E-state index contributed by atoms with van der Waals surface area (Å²) in [5.41, 5.74) is 4.03. The molecule has 0 aliphatic carbocycles. The molecule has 8 heteroatoms. The zero-order chi connectivity index (χ0) is 18.6. The standard InChI is InChI=1S/C19H19N5O2S/c25-18(23-26)15-10-14-7-9-24(12-16(14)27-15)19-20-8-6-17(22-19)21-11-13-4-2-1-3-5-13/h1-6,8,10,26H,7,9,11-12H2,(H,23,25)(H,20,21,22). The third kappa shape index (κ3) is 3.91. The van der Waals surface area contributed by atoms with Gasteiger partial charge in [0.15, 0.2) is 0 Å². The maximum atomic E-state index is 11.6. The second kappa shape index (κ2) is 7.73. The average Bonchev–Trinajstić information content (AvgIpc) is 3.16. The summed E-state index contributed by atoms with van der Waals surface area (Å²) in [4.78, 5) is 24.4. The van der Waals surface area contributed by atoms with Crippen molar-refractivity contribution < 1.29 is 10.0 Å². The van der Waals surface area contributed by atoms with Gasteiger partial charge in [-0.3, -0.25) is 10.0 Å². The van der Waals surface area contributed by atoms with Crippen molar-refractivity contribution in [2.75, 3.05) is 16.8 Å². The number of rotatable bonds is 5. The Morgan fingerprint density at radius 1 is 1.26 bits per heavy atom. The number of hydroxylamine groups is 1. The zero-order valence-corrected chi connectivity index (χ0v) is 15.4. The largest absolute Gasteiger partial charge is 0.366 e. The molecule has 4 rings (SSSR count). The van der Waals surface area contributed by atoms with Crippen LogP contribution in [0.3, 0.4) is 0 Å². The fourth-order valence-corrected chi connectivity index (χ4v) is 4.16. The van der Waals surface area contributed by atoms with Gasteiger partial charge in [-0.1, -0.05) is 30.3 Å². The van der Waals surface area contributed by atoms with Crippen molar-refractivity contribution >= 4 is 29.0 Å². The fourth-order valence-electron chi connectivity index (χ4n) is 3.05. The van der Waals surface area contributed by atoms with E-state index < -0.39 is 5.91 Å². The molecule has 27 heavy (non-hydrogen) atoms. The minimum atomic E-state index is -0.468. The highest BCUT2D eigenvalue weighted by molar-refractivity contribution is 7.14. The molecular formula is C19H19N5O2S. The monoisotopic (exact) mass is 381 g/mol. The molecule has 3 N–H and O–H groups in total. The SMILES string of the molecule is O=C(NO)c1cc2c(s1)CN(c1nccc(NCc3ccccc3)n1)CC2. The Morgan fingerprint density at radius 3 is 2.93 bits per heavy atom. The van der Waals surface area contributed by atoms with Gasteiger partial charge in [0.25, 0.3) is 5.91 Å². The van der Waals surface area contributed by atoms with E-state index >= 15 is 0 Å². The van der Waals surface area contributed by atoms with Gasteiger partial charge in [0, 0.05) is 24.2 Å². The van der Waals surface area contributed by atoms with Crippen molar-refractivity contribution in [3.8, 4) is 0 Å². The first-order chi connectivity index (χ1) is 13.2. The number of amides is 1. The second-order valence-electron chi connectivity index (χ2n) is 6.25. The number of hydrogen-bond donors (Lipinski definition) is 3. The lowest BCUT2D eigenvalue weighted by atomic mass is 10.1. The lowest BCUT2D eigenvalue weighted by Gasteiger charge is -2.27. The third-order valence-electron chi connectivity index (χ3n) is 4.45. The van der Waals surface area contributed by atoms with Gasteiger partial charge in [-0.25, -0.2) is 10.5 Å². The summed E-state index contributed by atoms with van der Waals surface area (Å²) in [6.45, 7) is 2.14. The molecule has 0 fully saturated rings. The molecule has 0 unspecified atom stereocenters. The normalized spacial score (nSPS) is 13.1. The minimum Gasteiger partial charge on any atom is -0.366 e. The third-order valence-corrected chi connectivity index (χ3v) is 5.61. The van der Waals surface area contributed by atoms with Crippen molar-refractivity contribution in [1.82, 2.24) is 15.4 Å². The molecule has 3 heterocycles. The number of nitrogens with one attached hydrogen (secondary N) is 2. The Bertz CT molecular complexity index is 944. The van der Waals surface area contributed by atoms with E-state index in [1.807, 2.05) is 30.3 Å². The highest BCUT2D eigenvalue weighted by atomic mass is 32.1. The van der Waals surface area contributed by atoms with E-state index in [1.54, 1.807) is 11.7 Å². The molecule has 1 aliphatic heterocycles. The highest BCUT2D eigenvalue weighted by Gasteiger charge is 2.23. The van der Waals surface area contributed by atoms with Crippen LogP contribution in [-0.2, 0) is 19.5 Å². The van der Waals surface area contributed by atoms with Gasteiger partial charge in [0.1, 0.15) is 5.82 Å². The fraction of sp³-hybridized carbons (Fsp3) is 0.211. The molecule has 1 amide bonds. The lowest BCUT2D eigenvalue weighted by molar-refractivity contribution is 0.0711. The maximum Gasteiger partial charge on any atom is 0.284 e. The van der Waals surface area contributed by atoms with Crippen LogP contribution in [-0.4, -0.2) is 27.6 Å². The number of fused-ring (bicyclic) bond motifs is 1. The van der Waals surface area contributed by atoms with Crippen molar-refractivity contribution in [2.24, 2.45) is 0 Å². The number of benzene rings is 1. The summed E-state index contributed by atoms with van der Waals surface area (Å²) in [5.74, 6) is 0.978. The predicted octanol–water partition coefficient (Wildman–Crippen LogP) is 2.83. The van der Waals surface area contributed by atoms with E-state index in [-0.39, 0.29) is 0 Å². The average molecular weight is 381 g/mol. The van der Waals surface area contributed by atoms with Crippen LogP contribution in [0.15, 0.2) is 48.7 Å². The number of thiophene rings is 1. The Kier molecular flexibility index (Phi) is 4.99. The van der Waals surface area contributed by atoms with Gasteiger partial charge in [-0.05, 0) is 29.7 Å². The maximum absolute atomic E-state index is 11.6. The first-order valence-corrected chi connectivity index (χ1v) is 9.46. The minimum absolute atomic E-state index is 0.468. The molecule has 0 saturated heterocycles. The van der Waals surface area contributed by atoms with E-state index in [4.69, 9.17) is 5.21 Å². The number of carbonyl (C=O) groups is 1. The van der Waals surface area contributed by atoms with Crippen LogP contribution in [0.2, 0.25) is 0 Å². The summed E-state index contributed by atoms with van der Waals surface area (Å²) in [5, 5.41) is 12.1. The van der Waals surface area contributed by atoms with Crippen LogP contribution >= 0.6 is 11.3 Å². The van der Waals surface area contributed by atoms with E-state index in [0.29, 0.717) is 23.9 Å². The second-order valence-corrected chi connectivity index (χ2v) is 7.39. The van der Waals surface area contributed by atoms with Gasteiger partial charge in [-0.2, -0.15) is 4.98 Å². The molecular weight excluding hydrogens is 362 g/mol. The van der Waals surface area contributed by atoms with E-state index in [9.17, 15) is 4.79 Å². The number of carbonyl (C=O) groups excluding carboxylic acids is 1. The first kappa shape index (κ1) is 17.4. The number of anilines is 2. The Balaban J connectivity index is 1.46. The molecule has 0 atom stereocenters. The van der Waals surface area contributed by atoms with Crippen LogP contribution in [0.4, 0.5) is 11.8 Å². The molecule has 1 aliphatic rings. The molecule has 1 aromatic carbocycles. The van der Waals surface area contributed by atoms with E-state index in [2.05, 4.69) is 32.3 Å². The van der Waals surface area contributed by atoms with Gasteiger partial charge >= 0.3 is 0 Å². The Labute approximate surface area is 160 Å². The van der Waals surface area contributed by atoms with E-state index in [0.717, 1.165) is 29.2 Å².